The van der Waals surface area contributed by atoms with Crippen LogP contribution in [0.25, 0.3) is 0 Å². The van der Waals surface area contributed by atoms with E-state index in [9.17, 15) is 0 Å². The molecule has 0 aliphatic heterocycles. The van der Waals surface area contributed by atoms with E-state index in [-0.39, 0.29) is 0 Å². The van der Waals surface area contributed by atoms with Gasteiger partial charge >= 0.3 is 0 Å². The van der Waals surface area contributed by atoms with Crippen molar-refractivity contribution in [3.05, 3.63) is 22.2 Å². The molecule has 3 nitrogen and oxygen atoms in total. The molecule has 0 saturated heterocycles. The molecule has 0 bridgehead atoms. The van der Waals surface area contributed by atoms with Gasteiger partial charge in [0, 0.05) is 10.0 Å². The van der Waals surface area contributed by atoms with Gasteiger partial charge in [-0.05, 0) is 57.2 Å². The maximum absolute atomic E-state index is 6.21. The summed E-state index contributed by atoms with van der Waals surface area (Å²) in [5, 5.41) is 0. The highest BCUT2D eigenvalue weighted by Crippen LogP contribution is 2.39. The summed E-state index contributed by atoms with van der Waals surface area (Å²) in [5.74, 6) is 1.72. The Hall–Kier alpha value is -0.740. The van der Waals surface area contributed by atoms with Crippen LogP contribution >= 0.6 is 15.9 Å². The molecular weight excluding hydrogens is 306 g/mol. The van der Waals surface area contributed by atoms with Crippen molar-refractivity contribution in [1.82, 2.24) is 0 Å². The first-order valence-corrected chi connectivity index (χ1v) is 7.77. The third-order valence-corrected chi connectivity index (χ3v) is 4.35. The van der Waals surface area contributed by atoms with Crippen LogP contribution in [0.2, 0.25) is 0 Å². The molecule has 1 fully saturated rings. The number of hydrogen-bond donors (Lipinski definition) is 1. The van der Waals surface area contributed by atoms with E-state index in [4.69, 9.17) is 15.2 Å². The molecule has 0 amide bonds. The SMILES string of the molecule is COc1ccc(Br)c(CCCN)c1OC1CCCC1. The monoisotopic (exact) mass is 327 g/mol. The van der Waals surface area contributed by atoms with Gasteiger partial charge in [-0.25, -0.2) is 0 Å². The van der Waals surface area contributed by atoms with Gasteiger partial charge in [0.25, 0.3) is 0 Å². The Bertz CT molecular complexity index is 417. The molecule has 1 saturated carbocycles. The Morgan fingerprint density at radius 3 is 2.68 bits per heavy atom. The van der Waals surface area contributed by atoms with E-state index < -0.39 is 0 Å². The Kier molecular flexibility index (Phi) is 5.52. The second-order valence-electron chi connectivity index (χ2n) is 4.97. The zero-order chi connectivity index (χ0) is 13.7. The van der Waals surface area contributed by atoms with E-state index in [2.05, 4.69) is 15.9 Å². The largest absolute Gasteiger partial charge is 0.493 e. The predicted octanol–water partition coefficient (Wildman–Crippen LogP) is 3.67. The summed E-state index contributed by atoms with van der Waals surface area (Å²) in [5.41, 5.74) is 6.80. The van der Waals surface area contributed by atoms with E-state index in [1.807, 2.05) is 12.1 Å². The van der Waals surface area contributed by atoms with E-state index in [0.717, 1.165) is 41.7 Å². The topological polar surface area (TPSA) is 44.5 Å². The first kappa shape index (κ1) is 14.7. The number of halogens is 1. The predicted molar refractivity (Wildman–Crippen MR) is 81.0 cm³/mol. The van der Waals surface area contributed by atoms with Crippen molar-refractivity contribution in [2.24, 2.45) is 5.73 Å². The average molecular weight is 328 g/mol. The zero-order valence-corrected chi connectivity index (χ0v) is 13.0. The van der Waals surface area contributed by atoms with Crippen molar-refractivity contribution < 1.29 is 9.47 Å². The summed E-state index contributed by atoms with van der Waals surface area (Å²) < 4.78 is 12.7. The summed E-state index contributed by atoms with van der Waals surface area (Å²) in [6, 6.07) is 3.98. The molecule has 1 aliphatic rings. The molecular formula is C15H22BrNO2. The Morgan fingerprint density at radius 2 is 2.05 bits per heavy atom. The normalized spacial score (nSPS) is 15.7. The van der Waals surface area contributed by atoms with Crippen molar-refractivity contribution in [2.45, 2.75) is 44.6 Å². The Labute approximate surface area is 123 Å². The second kappa shape index (κ2) is 7.15. The third-order valence-electron chi connectivity index (χ3n) is 3.60. The molecule has 0 unspecified atom stereocenters. The van der Waals surface area contributed by atoms with Crippen LogP contribution < -0.4 is 15.2 Å². The first-order chi connectivity index (χ1) is 9.26. The molecule has 0 heterocycles. The minimum Gasteiger partial charge on any atom is -0.493 e. The highest BCUT2D eigenvalue weighted by molar-refractivity contribution is 9.10. The van der Waals surface area contributed by atoms with Crippen LogP contribution in [-0.2, 0) is 6.42 Å². The van der Waals surface area contributed by atoms with E-state index in [0.29, 0.717) is 12.6 Å². The number of hydrogen-bond acceptors (Lipinski definition) is 3. The van der Waals surface area contributed by atoms with Gasteiger partial charge in [-0.2, -0.15) is 0 Å². The molecule has 106 valence electrons. The van der Waals surface area contributed by atoms with Crippen LogP contribution in [0.5, 0.6) is 11.5 Å². The highest BCUT2D eigenvalue weighted by atomic mass is 79.9. The van der Waals surface area contributed by atoms with Gasteiger partial charge in [-0.15, -0.1) is 0 Å². The molecule has 1 aliphatic carbocycles. The summed E-state index contributed by atoms with van der Waals surface area (Å²) in [4.78, 5) is 0. The van der Waals surface area contributed by atoms with E-state index in [1.54, 1.807) is 7.11 Å². The van der Waals surface area contributed by atoms with Crippen molar-refractivity contribution in [1.29, 1.82) is 0 Å². The third kappa shape index (κ3) is 3.63. The number of benzene rings is 1. The molecule has 19 heavy (non-hydrogen) atoms. The van der Waals surface area contributed by atoms with Gasteiger partial charge in [0.15, 0.2) is 11.5 Å². The molecule has 0 atom stereocenters. The molecule has 0 radical (unpaired) electrons. The molecule has 0 aromatic heterocycles. The molecule has 2 N–H and O–H groups in total. The Morgan fingerprint density at radius 1 is 1.32 bits per heavy atom. The number of methoxy groups -OCH3 is 1. The summed E-state index contributed by atoms with van der Waals surface area (Å²) >= 11 is 3.61. The average Bonchev–Trinajstić information content (AvgIpc) is 2.91. The summed E-state index contributed by atoms with van der Waals surface area (Å²) in [6.45, 7) is 0.687. The molecule has 4 heteroatoms. The second-order valence-corrected chi connectivity index (χ2v) is 5.83. The molecule has 1 aromatic carbocycles. The minimum absolute atomic E-state index is 0.333. The van der Waals surface area contributed by atoms with Crippen LogP contribution in [-0.4, -0.2) is 19.8 Å². The fraction of sp³-hybridized carbons (Fsp3) is 0.600. The van der Waals surface area contributed by atoms with Crippen molar-refractivity contribution >= 4 is 15.9 Å². The zero-order valence-electron chi connectivity index (χ0n) is 11.5. The van der Waals surface area contributed by atoms with Crippen LogP contribution in [0, 0.1) is 0 Å². The minimum atomic E-state index is 0.333. The van der Waals surface area contributed by atoms with Crippen molar-refractivity contribution in [2.75, 3.05) is 13.7 Å². The smallest absolute Gasteiger partial charge is 0.165 e. The van der Waals surface area contributed by atoms with E-state index >= 15 is 0 Å². The number of rotatable bonds is 6. The summed E-state index contributed by atoms with van der Waals surface area (Å²) in [7, 11) is 1.69. The van der Waals surface area contributed by atoms with Crippen molar-refractivity contribution in [3.8, 4) is 11.5 Å². The van der Waals surface area contributed by atoms with Crippen LogP contribution in [0.4, 0.5) is 0 Å². The van der Waals surface area contributed by atoms with Gasteiger partial charge in [0.2, 0.25) is 0 Å². The lowest BCUT2D eigenvalue weighted by atomic mass is 10.1. The van der Waals surface area contributed by atoms with Gasteiger partial charge in [0.05, 0.1) is 13.2 Å². The molecule has 1 aromatic rings. The van der Waals surface area contributed by atoms with E-state index in [1.165, 1.54) is 18.4 Å². The van der Waals surface area contributed by atoms with Gasteiger partial charge in [-0.3, -0.25) is 0 Å². The quantitative estimate of drug-likeness (QED) is 0.866. The maximum atomic E-state index is 6.21. The fourth-order valence-electron chi connectivity index (χ4n) is 2.56. The van der Waals surface area contributed by atoms with Gasteiger partial charge in [-0.1, -0.05) is 15.9 Å². The number of ether oxygens (including phenoxy) is 2. The van der Waals surface area contributed by atoms with Crippen LogP contribution in [0.1, 0.15) is 37.7 Å². The molecule has 0 spiro atoms. The van der Waals surface area contributed by atoms with Crippen molar-refractivity contribution in [3.63, 3.8) is 0 Å². The van der Waals surface area contributed by atoms with Crippen LogP contribution in [0.15, 0.2) is 16.6 Å². The van der Waals surface area contributed by atoms with Crippen LogP contribution in [0.3, 0.4) is 0 Å². The first-order valence-electron chi connectivity index (χ1n) is 6.98. The summed E-state index contributed by atoms with van der Waals surface area (Å²) in [6.07, 6.45) is 7.01. The fourth-order valence-corrected chi connectivity index (χ4v) is 3.07. The van der Waals surface area contributed by atoms with Gasteiger partial charge in [0.1, 0.15) is 0 Å². The van der Waals surface area contributed by atoms with Gasteiger partial charge < -0.3 is 15.2 Å². The lowest BCUT2D eigenvalue weighted by Crippen LogP contribution is -2.14. The highest BCUT2D eigenvalue weighted by Gasteiger charge is 2.21. The standard InChI is InChI=1S/C15H22BrNO2/c1-18-14-9-8-13(16)12(7-4-10-17)15(14)19-11-5-2-3-6-11/h8-9,11H,2-7,10,17H2,1H3. The molecule has 2 rings (SSSR count). The Balaban J connectivity index is 2.26. The lowest BCUT2D eigenvalue weighted by Gasteiger charge is -2.20. The number of nitrogens with two attached hydrogens (primary N) is 1. The maximum Gasteiger partial charge on any atom is 0.165 e. The lowest BCUT2D eigenvalue weighted by molar-refractivity contribution is 0.198.